The summed E-state index contributed by atoms with van der Waals surface area (Å²) in [5, 5.41) is 29.6. The molecule has 0 aromatic heterocycles. The molecule has 13 nitrogen and oxygen atoms in total. The first kappa shape index (κ1) is 43.2. The summed E-state index contributed by atoms with van der Waals surface area (Å²) in [5.74, 6) is -0.548. The first-order valence-electron chi connectivity index (χ1n) is 21.3. The van der Waals surface area contributed by atoms with E-state index < -0.39 is 30.6 Å². The van der Waals surface area contributed by atoms with Gasteiger partial charge < -0.3 is 24.4 Å². The zero-order chi connectivity index (χ0) is 44.5. The number of fused-ring (bicyclic) bond motifs is 2. The van der Waals surface area contributed by atoms with Gasteiger partial charge in [-0.05, 0) is 52.6 Å². The summed E-state index contributed by atoms with van der Waals surface area (Å²) in [7, 11) is -1.07. The van der Waals surface area contributed by atoms with E-state index in [1.807, 2.05) is 104 Å². The van der Waals surface area contributed by atoms with E-state index in [1.165, 1.54) is 17.1 Å². The summed E-state index contributed by atoms with van der Waals surface area (Å²) in [5.41, 5.74) is 2.76. The van der Waals surface area contributed by atoms with Crippen molar-refractivity contribution in [2.45, 2.75) is 69.6 Å². The number of aliphatic hydroxyl groups is 1. The normalized spacial score (nSPS) is 20.8. The van der Waals surface area contributed by atoms with E-state index in [0.29, 0.717) is 35.5 Å². The van der Waals surface area contributed by atoms with Crippen molar-refractivity contribution in [1.29, 1.82) is 0 Å². The van der Waals surface area contributed by atoms with Gasteiger partial charge in [-0.1, -0.05) is 110 Å². The van der Waals surface area contributed by atoms with Crippen LogP contribution in [0.25, 0.3) is 0 Å². The Morgan fingerprint density at radius 2 is 1.62 bits per heavy atom. The van der Waals surface area contributed by atoms with Gasteiger partial charge in [0.05, 0.1) is 62.9 Å². The van der Waals surface area contributed by atoms with Crippen molar-refractivity contribution < 1.29 is 33.9 Å². The second kappa shape index (κ2) is 17.7. The molecule has 0 aliphatic carbocycles. The molecule has 0 unspecified atom stereocenters. The van der Waals surface area contributed by atoms with E-state index in [4.69, 9.17) is 14.6 Å². The molecule has 4 atom stereocenters. The molecule has 63 heavy (non-hydrogen) atoms. The molecule has 8 rings (SSSR count). The molecule has 3 amide bonds. The van der Waals surface area contributed by atoms with E-state index in [2.05, 4.69) is 13.1 Å². The van der Waals surface area contributed by atoms with E-state index >= 15 is 4.79 Å². The first-order chi connectivity index (χ1) is 30.3. The third kappa shape index (κ3) is 8.17. The SMILES string of the molecule is COc1ccc([Si](C)(C)[C@H]2[C@H](CC(=O)N(CCO)Cc3ccccc3)O[C@@]3(C(=O)N(Cc4ccc(N5N=C(c6ccccc6)CCC5=O)cc4)c4ccc([N+](=O)[O-])cc43)[C@@H]2C)cc1. The van der Waals surface area contributed by atoms with Crippen molar-refractivity contribution in [2.75, 3.05) is 30.2 Å². The van der Waals surface area contributed by atoms with Gasteiger partial charge in [0.2, 0.25) is 11.8 Å². The summed E-state index contributed by atoms with van der Waals surface area (Å²) in [6, 6.07) is 39.0. The third-order valence-electron chi connectivity index (χ3n) is 13.0. The number of ether oxygens (including phenoxy) is 2. The maximum atomic E-state index is 15.4. The summed E-state index contributed by atoms with van der Waals surface area (Å²) < 4.78 is 12.6. The Morgan fingerprint density at radius 1 is 0.937 bits per heavy atom. The summed E-state index contributed by atoms with van der Waals surface area (Å²) in [6.07, 6.45) is 0.0308. The lowest BCUT2D eigenvalue weighted by atomic mass is 9.82. The smallest absolute Gasteiger partial charge is 0.269 e. The molecular formula is C49H51N5O8Si. The van der Waals surface area contributed by atoms with Gasteiger partial charge in [-0.2, -0.15) is 5.10 Å². The van der Waals surface area contributed by atoms with Crippen LogP contribution in [0.4, 0.5) is 17.1 Å². The van der Waals surface area contributed by atoms with Crippen molar-refractivity contribution in [1.82, 2.24) is 4.90 Å². The minimum atomic E-state index is -2.68. The molecule has 14 heteroatoms. The summed E-state index contributed by atoms with van der Waals surface area (Å²) in [6.45, 7) is 6.66. The molecule has 1 spiro atoms. The van der Waals surface area contributed by atoms with Crippen molar-refractivity contribution in [2.24, 2.45) is 11.0 Å². The molecule has 1 N–H and O–H groups in total. The van der Waals surface area contributed by atoms with Crippen LogP contribution in [0, 0.1) is 16.0 Å². The molecule has 3 aliphatic heterocycles. The standard InChI is InChI=1S/C49H51N5O8Si/c1-33-47(63(3,4)40-22-20-39(61-2)21-23-40)44(30-46(57)51(27-28-55)31-34-11-7-5-8-12-34)62-49(33)41-29-38(54(59)60)19-25-43(41)52(48(49)58)32-35-15-17-37(18-16-35)53-45(56)26-24-42(50-53)36-13-9-6-10-14-36/h5-23,25,29,33,44,47,55H,24,26-28,30-32H2,1-4H3/t33-,44+,47-,49+/m1/s1. The Labute approximate surface area is 367 Å². The zero-order valence-corrected chi connectivity index (χ0v) is 36.8. The lowest BCUT2D eigenvalue weighted by Crippen LogP contribution is -2.52. The van der Waals surface area contributed by atoms with Crippen molar-refractivity contribution in [3.63, 3.8) is 0 Å². The maximum Gasteiger partial charge on any atom is 0.269 e. The van der Waals surface area contributed by atoms with Gasteiger partial charge >= 0.3 is 0 Å². The third-order valence-corrected chi connectivity index (χ3v) is 17.4. The number of nitro groups is 1. The summed E-state index contributed by atoms with van der Waals surface area (Å²) in [4.78, 5) is 58.1. The van der Waals surface area contributed by atoms with Gasteiger partial charge in [-0.25, -0.2) is 5.01 Å². The molecule has 0 radical (unpaired) electrons. The van der Waals surface area contributed by atoms with Crippen LogP contribution in [0.2, 0.25) is 18.6 Å². The fraction of sp³-hybridized carbons (Fsp3) is 0.306. The number of rotatable bonds is 14. The number of carbonyl (C=O) groups is 3. The molecule has 1 saturated heterocycles. The fourth-order valence-corrected chi connectivity index (χ4v) is 13.8. The highest BCUT2D eigenvalue weighted by Crippen LogP contribution is 2.60. The van der Waals surface area contributed by atoms with Crippen LogP contribution in [-0.2, 0) is 37.8 Å². The average Bonchev–Trinajstić information content (AvgIpc) is 3.72. The van der Waals surface area contributed by atoms with Crippen LogP contribution in [0.1, 0.15) is 48.4 Å². The van der Waals surface area contributed by atoms with Gasteiger partial charge in [0.25, 0.3) is 11.6 Å². The highest BCUT2D eigenvalue weighted by molar-refractivity contribution is 6.91. The van der Waals surface area contributed by atoms with Crippen LogP contribution in [0.3, 0.4) is 0 Å². The highest BCUT2D eigenvalue weighted by Gasteiger charge is 2.67. The highest BCUT2D eigenvalue weighted by atomic mass is 28.3. The molecular weight excluding hydrogens is 815 g/mol. The molecule has 1 fully saturated rings. The second-order valence-electron chi connectivity index (χ2n) is 17.0. The molecule has 324 valence electrons. The number of non-ortho nitro benzene ring substituents is 1. The van der Waals surface area contributed by atoms with E-state index in [9.17, 15) is 24.8 Å². The number of anilines is 2. The maximum absolute atomic E-state index is 15.4. The lowest BCUT2D eigenvalue weighted by molar-refractivity contribution is -0.385. The Kier molecular flexibility index (Phi) is 12.1. The Morgan fingerprint density at radius 3 is 2.27 bits per heavy atom. The number of aliphatic hydroxyl groups excluding tert-OH is 1. The van der Waals surface area contributed by atoms with E-state index in [1.54, 1.807) is 35.1 Å². The number of benzene rings is 5. The van der Waals surface area contributed by atoms with Crippen molar-refractivity contribution in [3.8, 4) is 5.75 Å². The fourth-order valence-electron chi connectivity index (χ4n) is 9.81. The minimum Gasteiger partial charge on any atom is -0.497 e. The molecule has 3 heterocycles. The largest absolute Gasteiger partial charge is 0.497 e. The summed E-state index contributed by atoms with van der Waals surface area (Å²) >= 11 is 0. The van der Waals surface area contributed by atoms with Gasteiger partial charge in [-0.3, -0.25) is 24.5 Å². The molecule has 5 aromatic carbocycles. The Bertz CT molecular complexity index is 2540. The quantitative estimate of drug-likeness (QED) is 0.0693. The van der Waals surface area contributed by atoms with Crippen LogP contribution < -0.4 is 19.8 Å². The Balaban J connectivity index is 1.16. The number of hydrazone groups is 1. The predicted molar refractivity (Wildman–Crippen MR) is 244 cm³/mol. The molecule has 5 aromatic rings. The average molecular weight is 866 g/mol. The second-order valence-corrected chi connectivity index (χ2v) is 21.7. The van der Waals surface area contributed by atoms with Crippen LogP contribution >= 0.6 is 0 Å². The van der Waals surface area contributed by atoms with E-state index in [-0.39, 0.29) is 61.6 Å². The van der Waals surface area contributed by atoms with Gasteiger partial charge in [-0.15, -0.1) is 0 Å². The van der Waals surface area contributed by atoms with Crippen molar-refractivity contribution >= 4 is 53.8 Å². The number of amides is 3. The van der Waals surface area contributed by atoms with Gasteiger partial charge in [0, 0.05) is 49.5 Å². The number of nitro benzene ring substituents is 1. The minimum absolute atomic E-state index is 0.0706. The number of nitrogens with zero attached hydrogens (tertiary/aromatic N) is 5. The van der Waals surface area contributed by atoms with Crippen molar-refractivity contribution in [3.05, 3.63) is 160 Å². The van der Waals surface area contributed by atoms with Gasteiger partial charge in [0.1, 0.15) is 5.75 Å². The lowest BCUT2D eigenvalue weighted by Gasteiger charge is -2.37. The monoisotopic (exact) mass is 865 g/mol. The molecule has 0 saturated carbocycles. The zero-order valence-electron chi connectivity index (χ0n) is 35.8. The van der Waals surface area contributed by atoms with Crippen LogP contribution in [-0.4, -0.2) is 72.8 Å². The number of carbonyl (C=O) groups excluding carboxylic acids is 3. The number of methoxy groups -OCH3 is 1. The Hall–Kier alpha value is -6.48. The van der Waals surface area contributed by atoms with Crippen LogP contribution in [0.15, 0.2) is 132 Å². The van der Waals surface area contributed by atoms with Crippen LogP contribution in [0.5, 0.6) is 5.75 Å². The van der Waals surface area contributed by atoms with Gasteiger partial charge in [0.15, 0.2) is 5.60 Å². The number of hydrogen-bond acceptors (Lipinski definition) is 9. The topological polar surface area (TPSA) is 155 Å². The predicted octanol–water partition coefficient (Wildman–Crippen LogP) is 7.31. The molecule has 3 aliphatic rings. The van der Waals surface area contributed by atoms with E-state index in [0.717, 1.165) is 27.6 Å². The number of hydrogen-bond donors (Lipinski definition) is 1. The molecule has 0 bridgehead atoms. The first-order valence-corrected chi connectivity index (χ1v) is 24.3.